The first kappa shape index (κ1) is 14.7. The van der Waals surface area contributed by atoms with E-state index in [2.05, 4.69) is 0 Å². The third-order valence-electron chi connectivity index (χ3n) is 3.10. The molecule has 1 aliphatic heterocycles. The summed E-state index contributed by atoms with van der Waals surface area (Å²) in [6.45, 7) is 3.72. The van der Waals surface area contributed by atoms with Gasteiger partial charge in [-0.1, -0.05) is 30.3 Å². The van der Waals surface area contributed by atoms with Crippen molar-refractivity contribution >= 4 is 11.7 Å². The quantitative estimate of drug-likeness (QED) is 0.485. The van der Waals surface area contributed by atoms with Gasteiger partial charge in [-0.3, -0.25) is 0 Å². The van der Waals surface area contributed by atoms with Crippen molar-refractivity contribution in [2.75, 3.05) is 13.7 Å². The molecule has 0 saturated carbocycles. The summed E-state index contributed by atoms with van der Waals surface area (Å²) >= 11 is 0. The molecule has 0 saturated heterocycles. The van der Waals surface area contributed by atoms with Gasteiger partial charge in [-0.15, -0.1) is 0 Å². The average Bonchev–Trinajstić information content (AvgIpc) is 2.76. The Morgan fingerprint density at radius 2 is 2.05 bits per heavy atom. The van der Waals surface area contributed by atoms with Gasteiger partial charge in [0, 0.05) is 18.2 Å². The van der Waals surface area contributed by atoms with Crippen LogP contribution in [0, 0.1) is 11.3 Å². The van der Waals surface area contributed by atoms with Gasteiger partial charge in [-0.2, -0.15) is 5.26 Å². The van der Waals surface area contributed by atoms with Crippen LogP contribution in [0.2, 0.25) is 0 Å². The number of ether oxygens (including phenoxy) is 1. The number of hydrogen-bond acceptors (Lipinski definition) is 5. The largest absolute Gasteiger partial charge is 0.462 e. The van der Waals surface area contributed by atoms with Crippen LogP contribution in [0.15, 0.2) is 47.2 Å². The minimum atomic E-state index is -0.669. The lowest BCUT2D eigenvalue weighted by Crippen LogP contribution is -2.13. The highest BCUT2D eigenvalue weighted by atomic mass is 16.7. The second kappa shape index (κ2) is 6.14. The maximum absolute atomic E-state index is 11.8. The number of benzene rings is 1. The SMILES string of the molecule is CCOC(=O)/C(C#N)=C1/ON(C)C(c2ccccc2)=C1C. The van der Waals surface area contributed by atoms with Crippen molar-refractivity contribution < 1.29 is 14.4 Å². The number of carbonyl (C=O) groups excluding carboxylic acids is 1. The normalized spacial score (nSPS) is 16.4. The van der Waals surface area contributed by atoms with Crippen molar-refractivity contribution in [2.45, 2.75) is 13.8 Å². The summed E-state index contributed by atoms with van der Waals surface area (Å²) in [6.07, 6.45) is 0. The molecule has 1 aromatic rings. The van der Waals surface area contributed by atoms with Gasteiger partial charge in [-0.05, 0) is 13.8 Å². The zero-order chi connectivity index (χ0) is 15.4. The monoisotopic (exact) mass is 284 g/mol. The maximum Gasteiger partial charge on any atom is 0.352 e. The van der Waals surface area contributed by atoms with E-state index in [1.165, 1.54) is 0 Å². The van der Waals surface area contributed by atoms with E-state index < -0.39 is 5.97 Å². The van der Waals surface area contributed by atoms with Crippen molar-refractivity contribution in [3.8, 4) is 6.07 Å². The fraction of sp³-hybridized carbons (Fsp3) is 0.250. The van der Waals surface area contributed by atoms with Gasteiger partial charge in [-0.25, -0.2) is 9.86 Å². The van der Waals surface area contributed by atoms with Gasteiger partial charge in [0.15, 0.2) is 11.3 Å². The summed E-state index contributed by atoms with van der Waals surface area (Å²) in [5.41, 5.74) is 2.39. The topological polar surface area (TPSA) is 62.6 Å². The van der Waals surface area contributed by atoms with E-state index in [1.807, 2.05) is 43.3 Å². The molecule has 0 amide bonds. The van der Waals surface area contributed by atoms with Crippen LogP contribution < -0.4 is 0 Å². The van der Waals surface area contributed by atoms with E-state index in [4.69, 9.17) is 9.57 Å². The van der Waals surface area contributed by atoms with Crippen LogP contribution in [0.25, 0.3) is 5.70 Å². The molecule has 0 fully saturated rings. The molecule has 1 aliphatic rings. The summed E-state index contributed by atoms with van der Waals surface area (Å²) in [5, 5.41) is 10.8. The lowest BCUT2D eigenvalue weighted by Gasteiger charge is -2.15. The predicted molar refractivity (Wildman–Crippen MR) is 77.2 cm³/mol. The number of hydroxylamine groups is 2. The standard InChI is InChI=1S/C16H16N2O3/c1-4-20-16(19)13(10-17)15-11(2)14(18(3)21-15)12-8-6-5-7-9-12/h5-9H,4H2,1-3H3/b15-13+. The van der Waals surface area contributed by atoms with Crippen molar-refractivity contribution in [3.05, 3.63) is 52.8 Å². The Bertz CT molecular complexity index is 654. The van der Waals surface area contributed by atoms with E-state index in [-0.39, 0.29) is 17.9 Å². The number of hydrogen-bond donors (Lipinski definition) is 0. The van der Waals surface area contributed by atoms with Crippen molar-refractivity contribution in [1.29, 1.82) is 5.26 Å². The highest BCUT2D eigenvalue weighted by Crippen LogP contribution is 2.36. The summed E-state index contributed by atoms with van der Waals surface area (Å²) in [6, 6.07) is 11.5. The van der Waals surface area contributed by atoms with Crippen LogP contribution in [0.4, 0.5) is 0 Å². The Morgan fingerprint density at radius 3 is 2.62 bits per heavy atom. The first-order chi connectivity index (χ1) is 10.1. The molecule has 0 bridgehead atoms. The highest BCUT2D eigenvalue weighted by Gasteiger charge is 2.30. The van der Waals surface area contributed by atoms with Gasteiger partial charge in [0.25, 0.3) is 0 Å². The average molecular weight is 284 g/mol. The lowest BCUT2D eigenvalue weighted by molar-refractivity contribution is -0.138. The first-order valence-electron chi connectivity index (χ1n) is 6.60. The number of nitriles is 1. The minimum Gasteiger partial charge on any atom is -0.462 e. The summed E-state index contributed by atoms with van der Waals surface area (Å²) < 4.78 is 4.89. The molecular formula is C16H16N2O3. The van der Waals surface area contributed by atoms with Crippen LogP contribution >= 0.6 is 0 Å². The van der Waals surface area contributed by atoms with Crippen LogP contribution in [-0.2, 0) is 14.4 Å². The van der Waals surface area contributed by atoms with E-state index in [0.29, 0.717) is 0 Å². The third-order valence-corrected chi connectivity index (χ3v) is 3.10. The molecule has 5 heteroatoms. The molecule has 5 nitrogen and oxygen atoms in total. The molecule has 0 aliphatic carbocycles. The van der Waals surface area contributed by atoms with Crippen LogP contribution in [0.1, 0.15) is 19.4 Å². The molecule has 0 unspecified atom stereocenters. The molecule has 0 radical (unpaired) electrons. The zero-order valence-electron chi connectivity index (χ0n) is 12.2. The molecule has 0 N–H and O–H groups in total. The fourth-order valence-electron chi connectivity index (χ4n) is 2.21. The molecule has 0 atom stereocenters. The van der Waals surface area contributed by atoms with Gasteiger partial charge in [0.05, 0.1) is 12.3 Å². The third kappa shape index (κ3) is 2.75. The number of carbonyl (C=O) groups is 1. The molecule has 21 heavy (non-hydrogen) atoms. The summed E-state index contributed by atoms with van der Waals surface area (Å²) in [7, 11) is 1.74. The zero-order valence-corrected chi connectivity index (χ0v) is 12.2. The van der Waals surface area contributed by atoms with Gasteiger partial charge >= 0.3 is 5.97 Å². The second-order valence-electron chi connectivity index (χ2n) is 4.46. The van der Waals surface area contributed by atoms with Gasteiger partial charge < -0.3 is 9.57 Å². The molecule has 1 aromatic carbocycles. The fourth-order valence-corrected chi connectivity index (χ4v) is 2.21. The minimum absolute atomic E-state index is 0.118. The number of nitrogens with zero attached hydrogens (tertiary/aromatic N) is 2. The van der Waals surface area contributed by atoms with E-state index >= 15 is 0 Å². The molecule has 108 valence electrons. The molecular weight excluding hydrogens is 268 g/mol. The number of allylic oxidation sites excluding steroid dienone is 1. The Hall–Kier alpha value is -2.74. The van der Waals surface area contributed by atoms with Crippen LogP contribution in [0.5, 0.6) is 0 Å². The van der Waals surface area contributed by atoms with E-state index in [0.717, 1.165) is 16.8 Å². The Balaban J connectivity index is 2.52. The van der Waals surface area contributed by atoms with Crippen molar-refractivity contribution in [1.82, 2.24) is 5.06 Å². The van der Waals surface area contributed by atoms with Gasteiger partial charge in [0.2, 0.25) is 0 Å². The molecule has 1 heterocycles. The van der Waals surface area contributed by atoms with Gasteiger partial charge in [0.1, 0.15) is 6.07 Å². The van der Waals surface area contributed by atoms with Crippen LogP contribution in [0.3, 0.4) is 0 Å². The maximum atomic E-state index is 11.8. The molecule has 0 aromatic heterocycles. The summed E-state index contributed by atoms with van der Waals surface area (Å²) in [5.74, 6) is -0.422. The van der Waals surface area contributed by atoms with E-state index in [9.17, 15) is 10.1 Å². The number of rotatable bonds is 3. The smallest absolute Gasteiger partial charge is 0.352 e. The first-order valence-corrected chi connectivity index (χ1v) is 6.60. The second-order valence-corrected chi connectivity index (χ2v) is 4.46. The Labute approximate surface area is 123 Å². The number of esters is 1. The lowest BCUT2D eigenvalue weighted by atomic mass is 10.0. The molecule has 2 rings (SSSR count). The predicted octanol–water partition coefficient (Wildman–Crippen LogP) is 2.64. The van der Waals surface area contributed by atoms with Crippen molar-refractivity contribution in [2.24, 2.45) is 0 Å². The Morgan fingerprint density at radius 1 is 1.38 bits per heavy atom. The molecule has 0 spiro atoms. The Kier molecular flexibility index (Phi) is 4.29. The van der Waals surface area contributed by atoms with Crippen LogP contribution in [-0.4, -0.2) is 24.7 Å². The summed E-state index contributed by atoms with van der Waals surface area (Å²) in [4.78, 5) is 17.4. The van der Waals surface area contributed by atoms with Crippen molar-refractivity contribution in [3.63, 3.8) is 0 Å². The highest BCUT2D eigenvalue weighted by molar-refractivity contribution is 5.95. The van der Waals surface area contributed by atoms with E-state index in [1.54, 1.807) is 19.0 Å².